The van der Waals surface area contributed by atoms with Crippen LogP contribution in [0.5, 0.6) is 11.5 Å². The lowest BCUT2D eigenvalue weighted by Gasteiger charge is -2.12. The van der Waals surface area contributed by atoms with Gasteiger partial charge in [0, 0.05) is 18.3 Å². The first kappa shape index (κ1) is 17.3. The van der Waals surface area contributed by atoms with E-state index in [-0.39, 0.29) is 5.91 Å². The van der Waals surface area contributed by atoms with Crippen LogP contribution in [0.25, 0.3) is 0 Å². The van der Waals surface area contributed by atoms with Crippen LogP contribution in [0, 0.1) is 6.92 Å². The highest BCUT2D eigenvalue weighted by Gasteiger charge is 2.10. The Morgan fingerprint density at radius 1 is 1.08 bits per heavy atom. The molecule has 0 atom stereocenters. The minimum atomic E-state index is -0.320. The molecular weight excluding hydrogens is 336 g/mol. The molecule has 2 aromatic heterocycles. The van der Waals surface area contributed by atoms with Crippen molar-refractivity contribution < 1.29 is 18.8 Å². The number of rotatable bonds is 6. The Labute approximate surface area is 150 Å². The second-order valence-corrected chi connectivity index (χ2v) is 5.40. The summed E-state index contributed by atoms with van der Waals surface area (Å²) in [4.78, 5) is 16.4. The van der Waals surface area contributed by atoms with Crippen molar-refractivity contribution in [1.82, 2.24) is 10.1 Å². The number of anilines is 3. The van der Waals surface area contributed by atoms with Crippen molar-refractivity contribution in [2.75, 3.05) is 24.9 Å². The van der Waals surface area contributed by atoms with Crippen molar-refractivity contribution in [3.05, 3.63) is 53.9 Å². The number of aryl methyl sites for hydroxylation is 1. The fourth-order valence-electron chi connectivity index (χ4n) is 2.26. The highest BCUT2D eigenvalue weighted by Crippen LogP contribution is 2.30. The first-order chi connectivity index (χ1) is 12.6. The molecule has 0 saturated carbocycles. The average molecular weight is 354 g/mol. The summed E-state index contributed by atoms with van der Waals surface area (Å²) < 4.78 is 15.4. The van der Waals surface area contributed by atoms with E-state index in [0.717, 1.165) is 5.69 Å². The lowest BCUT2D eigenvalue weighted by Crippen LogP contribution is -2.12. The van der Waals surface area contributed by atoms with Gasteiger partial charge in [0.1, 0.15) is 23.1 Å². The van der Waals surface area contributed by atoms with Gasteiger partial charge in [-0.2, -0.15) is 0 Å². The van der Waals surface area contributed by atoms with Crippen LogP contribution in [-0.4, -0.2) is 30.3 Å². The monoisotopic (exact) mass is 354 g/mol. The molecule has 134 valence electrons. The molecule has 0 aliphatic heterocycles. The van der Waals surface area contributed by atoms with Crippen molar-refractivity contribution in [2.24, 2.45) is 0 Å². The first-order valence-electron chi connectivity index (χ1n) is 7.79. The maximum Gasteiger partial charge on any atom is 0.258 e. The molecule has 3 rings (SSSR count). The molecule has 0 bridgehead atoms. The van der Waals surface area contributed by atoms with Crippen LogP contribution in [0.3, 0.4) is 0 Å². The van der Waals surface area contributed by atoms with E-state index in [1.807, 2.05) is 12.1 Å². The largest absolute Gasteiger partial charge is 0.497 e. The minimum Gasteiger partial charge on any atom is -0.497 e. The summed E-state index contributed by atoms with van der Waals surface area (Å²) >= 11 is 0. The number of nitrogens with one attached hydrogen (secondary N) is 2. The van der Waals surface area contributed by atoms with Crippen LogP contribution in [0.15, 0.2) is 47.1 Å². The predicted molar refractivity (Wildman–Crippen MR) is 96.3 cm³/mol. The number of methoxy groups -OCH3 is 2. The summed E-state index contributed by atoms with van der Waals surface area (Å²) in [6.07, 6.45) is 1.47. The van der Waals surface area contributed by atoms with Crippen molar-refractivity contribution in [2.45, 2.75) is 6.92 Å². The summed E-state index contributed by atoms with van der Waals surface area (Å²) in [7, 11) is 3.17. The Bertz CT molecular complexity index is 906. The summed E-state index contributed by atoms with van der Waals surface area (Å²) in [5.74, 6) is 2.54. The van der Waals surface area contributed by atoms with Crippen molar-refractivity contribution in [1.29, 1.82) is 0 Å². The standard InChI is InChI=1S/C18H18N4O4/c1-11-8-17(22-26-11)21-18(23)12-4-7-16(19-10-12)20-14-6-5-13(24-2)9-15(14)25-3/h4-10H,1-3H3,(H,19,20)(H,21,22,23). The van der Waals surface area contributed by atoms with E-state index in [2.05, 4.69) is 20.8 Å². The number of carbonyl (C=O) groups excluding carboxylic acids is 1. The molecule has 3 aromatic rings. The van der Waals surface area contributed by atoms with Gasteiger partial charge >= 0.3 is 0 Å². The maximum absolute atomic E-state index is 12.2. The van der Waals surface area contributed by atoms with Crippen molar-refractivity contribution >= 4 is 23.2 Å². The van der Waals surface area contributed by atoms with Gasteiger partial charge < -0.3 is 24.6 Å². The minimum absolute atomic E-state index is 0.320. The lowest BCUT2D eigenvalue weighted by molar-refractivity contribution is 0.102. The third-order valence-electron chi connectivity index (χ3n) is 3.57. The molecule has 0 radical (unpaired) electrons. The van der Waals surface area contributed by atoms with Gasteiger partial charge in [-0.3, -0.25) is 4.79 Å². The predicted octanol–water partition coefficient (Wildman–Crippen LogP) is 3.39. The summed E-state index contributed by atoms with van der Waals surface area (Å²) in [6.45, 7) is 1.75. The second kappa shape index (κ2) is 7.56. The van der Waals surface area contributed by atoms with Gasteiger partial charge in [-0.1, -0.05) is 5.16 Å². The third-order valence-corrected chi connectivity index (χ3v) is 3.57. The Kier molecular flexibility index (Phi) is 5.02. The zero-order valence-electron chi connectivity index (χ0n) is 14.6. The molecule has 0 saturated heterocycles. The fraction of sp³-hybridized carbons (Fsp3) is 0.167. The number of benzene rings is 1. The van der Waals surface area contributed by atoms with Crippen LogP contribution in [0.4, 0.5) is 17.3 Å². The van der Waals surface area contributed by atoms with Gasteiger partial charge in [0.15, 0.2) is 5.82 Å². The van der Waals surface area contributed by atoms with Gasteiger partial charge in [0.2, 0.25) is 0 Å². The van der Waals surface area contributed by atoms with Crippen LogP contribution in [-0.2, 0) is 0 Å². The van der Waals surface area contributed by atoms with Crippen LogP contribution < -0.4 is 20.1 Å². The second-order valence-electron chi connectivity index (χ2n) is 5.40. The molecule has 8 nitrogen and oxygen atoms in total. The Balaban J connectivity index is 1.70. The number of carbonyl (C=O) groups is 1. The topological polar surface area (TPSA) is 98.5 Å². The van der Waals surface area contributed by atoms with E-state index in [4.69, 9.17) is 14.0 Å². The van der Waals surface area contributed by atoms with E-state index in [1.165, 1.54) is 6.20 Å². The van der Waals surface area contributed by atoms with Crippen molar-refractivity contribution in [3.8, 4) is 11.5 Å². The molecule has 0 aliphatic rings. The Hall–Kier alpha value is -3.55. The molecule has 2 heterocycles. The molecule has 0 unspecified atom stereocenters. The van der Waals surface area contributed by atoms with E-state index in [1.54, 1.807) is 45.4 Å². The molecule has 0 aliphatic carbocycles. The highest BCUT2D eigenvalue weighted by molar-refractivity contribution is 6.03. The van der Waals surface area contributed by atoms with Crippen molar-refractivity contribution in [3.63, 3.8) is 0 Å². The zero-order chi connectivity index (χ0) is 18.5. The molecule has 8 heteroatoms. The number of hydrogen-bond acceptors (Lipinski definition) is 7. The number of nitrogens with zero attached hydrogens (tertiary/aromatic N) is 2. The van der Waals surface area contributed by atoms with Gasteiger partial charge in [-0.25, -0.2) is 4.98 Å². The number of ether oxygens (including phenoxy) is 2. The number of amides is 1. The third kappa shape index (κ3) is 3.92. The molecule has 2 N–H and O–H groups in total. The molecule has 0 spiro atoms. The molecule has 1 amide bonds. The zero-order valence-corrected chi connectivity index (χ0v) is 14.6. The average Bonchev–Trinajstić information content (AvgIpc) is 3.07. The number of hydrogen-bond donors (Lipinski definition) is 2. The molecule has 26 heavy (non-hydrogen) atoms. The quantitative estimate of drug-likeness (QED) is 0.700. The molecular formula is C18H18N4O4. The summed E-state index contributed by atoms with van der Waals surface area (Å²) in [5, 5.41) is 9.51. The van der Waals surface area contributed by atoms with Gasteiger partial charge in [-0.15, -0.1) is 0 Å². The Morgan fingerprint density at radius 2 is 1.92 bits per heavy atom. The SMILES string of the molecule is COc1ccc(Nc2ccc(C(=O)Nc3cc(C)on3)cn2)c(OC)c1. The van der Waals surface area contributed by atoms with Crippen LogP contribution >= 0.6 is 0 Å². The Morgan fingerprint density at radius 3 is 2.54 bits per heavy atom. The van der Waals surface area contributed by atoms with E-state index in [0.29, 0.717) is 34.5 Å². The normalized spacial score (nSPS) is 10.3. The number of aromatic nitrogens is 2. The smallest absolute Gasteiger partial charge is 0.258 e. The van der Waals surface area contributed by atoms with E-state index in [9.17, 15) is 4.79 Å². The molecule has 1 aromatic carbocycles. The highest BCUT2D eigenvalue weighted by atomic mass is 16.5. The first-order valence-corrected chi connectivity index (χ1v) is 7.79. The number of pyridine rings is 1. The van der Waals surface area contributed by atoms with Crippen LogP contribution in [0.2, 0.25) is 0 Å². The summed E-state index contributed by atoms with van der Waals surface area (Å²) in [6, 6.07) is 10.4. The fourth-order valence-corrected chi connectivity index (χ4v) is 2.26. The molecule has 0 fully saturated rings. The van der Waals surface area contributed by atoms with E-state index < -0.39 is 0 Å². The van der Waals surface area contributed by atoms with Gasteiger partial charge in [0.05, 0.1) is 25.5 Å². The van der Waals surface area contributed by atoms with Crippen LogP contribution in [0.1, 0.15) is 16.1 Å². The summed E-state index contributed by atoms with van der Waals surface area (Å²) in [5.41, 5.74) is 1.13. The van der Waals surface area contributed by atoms with Gasteiger partial charge in [-0.05, 0) is 31.2 Å². The maximum atomic E-state index is 12.2. The van der Waals surface area contributed by atoms with E-state index >= 15 is 0 Å². The van der Waals surface area contributed by atoms with Gasteiger partial charge in [0.25, 0.3) is 5.91 Å². The lowest BCUT2D eigenvalue weighted by atomic mass is 10.2.